The molecule has 0 aromatic heterocycles. The minimum Gasteiger partial charge on any atom is -0.206 e. The van der Waals surface area contributed by atoms with Gasteiger partial charge in [-0.3, -0.25) is 0 Å². The molecule has 0 nitrogen and oxygen atoms in total. The molecule has 0 fully saturated rings. The Morgan fingerprint density at radius 2 is 1.61 bits per heavy atom. The van der Waals surface area contributed by atoms with Crippen molar-refractivity contribution >= 4 is 0 Å². The van der Waals surface area contributed by atoms with Gasteiger partial charge in [-0.05, 0) is 41.2 Å². The SMILES string of the molecule is CCc1ccc(-c2cc(F)c3c(c2)CCC(F)(F)C3(F)F)cc1. The lowest BCUT2D eigenvalue weighted by Crippen LogP contribution is -2.43. The van der Waals surface area contributed by atoms with Gasteiger partial charge in [-0.15, -0.1) is 0 Å². The second-order valence-corrected chi connectivity index (χ2v) is 5.82. The highest BCUT2D eigenvalue weighted by atomic mass is 19.3. The van der Waals surface area contributed by atoms with E-state index in [1.54, 1.807) is 12.1 Å². The molecule has 23 heavy (non-hydrogen) atoms. The Labute approximate surface area is 130 Å². The maximum Gasteiger partial charge on any atom is 0.338 e. The minimum atomic E-state index is -4.48. The number of fused-ring (bicyclic) bond motifs is 1. The standard InChI is InChI=1S/C18H15F5/c1-2-11-3-5-12(6-4-11)14-9-13-7-8-17(20,21)18(22,23)16(13)15(19)10-14/h3-6,9-10H,2,7-8H2,1H3. The Bertz CT molecular complexity index is 732. The van der Waals surface area contributed by atoms with Gasteiger partial charge < -0.3 is 0 Å². The number of benzene rings is 2. The summed E-state index contributed by atoms with van der Waals surface area (Å²) in [6.45, 7) is 2.00. The summed E-state index contributed by atoms with van der Waals surface area (Å²) in [6.07, 6.45) is -0.402. The van der Waals surface area contributed by atoms with Gasteiger partial charge in [0.25, 0.3) is 0 Å². The van der Waals surface area contributed by atoms with Gasteiger partial charge in [0.15, 0.2) is 0 Å². The molecule has 1 aliphatic carbocycles. The van der Waals surface area contributed by atoms with E-state index >= 15 is 0 Å². The fourth-order valence-corrected chi connectivity index (χ4v) is 2.94. The van der Waals surface area contributed by atoms with Crippen molar-refractivity contribution in [1.82, 2.24) is 0 Å². The van der Waals surface area contributed by atoms with Crippen LogP contribution in [0.4, 0.5) is 22.0 Å². The number of rotatable bonds is 2. The van der Waals surface area contributed by atoms with Crippen LogP contribution < -0.4 is 0 Å². The first-order chi connectivity index (χ1) is 10.8. The average Bonchev–Trinajstić information content (AvgIpc) is 2.51. The molecule has 0 heterocycles. The van der Waals surface area contributed by atoms with Crippen molar-refractivity contribution in [2.75, 3.05) is 0 Å². The zero-order valence-electron chi connectivity index (χ0n) is 12.5. The minimum absolute atomic E-state index is 0.0458. The third kappa shape index (κ3) is 2.52. The van der Waals surface area contributed by atoms with Crippen LogP contribution >= 0.6 is 0 Å². The van der Waals surface area contributed by atoms with Crippen LogP contribution in [0.15, 0.2) is 36.4 Å². The van der Waals surface area contributed by atoms with Gasteiger partial charge in [0.2, 0.25) is 0 Å². The Balaban J connectivity index is 2.09. The molecular formula is C18H15F5. The zero-order valence-corrected chi connectivity index (χ0v) is 12.5. The van der Waals surface area contributed by atoms with Crippen LogP contribution in [-0.4, -0.2) is 5.92 Å². The van der Waals surface area contributed by atoms with Crippen LogP contribution in [0.3, 0.4) is 0 Å². The molecule has 2 aromatic rings. The topological polar surface area (TPSA) is 0 Å². The van der Waals surface area contributed by atoms with Crippen LogP contribution in [0.2, 0.25) is 0 Å². The van der Waals surface area contributed by atoms with Crippen molar-refractivity contribution in [3.63, 3.8) is 0 Å². The van der Waals surface area contributed by atoms with Crippen molar-refractivity contribution < 1.29 is 22.0 Å². The summed E-state index contributed by atoms with van der Waals surface area (Å²) in [5.74, 6) is -9.97. The van der Waals surface area contributed by atoms with E-state index in [1.807, 2.05) is 19.1 Å². The number of alkyl halides is 4. The molecule has 3 rings (SSSR count). The first kappa shape index (κ1) is 16.0. The van der Waals surface area contributed by atoms with E-state index in [4.69, 9.17) is 0 Å². The molecule has 5 heteroatoms. The summed E-state index contributed by atoms with van der Waals surface area (Å²) in [5.41, 5.74) is 0.978. The number of aryl methyl sites for hydroxylation is 2. The van der Waals surface area contributed by atoms with E-state index in [9.17, 15) is 22.0 Å². The van der Waals surface area contributed by atoms with Crippen molar-refractivity contribution in [1.29, 1.82) is 0 Å². The van der Waals surface area contributed by atoms with Gasteiger partial charge in [-0.1, -0.05) is 37.3 Å². The van der Waals surface area contributed by atoms with Gasteiger partial charge in [-0.25, -0.2) is 4.39 Å². The molecular weight excluding hydrogens is 311 g/mol. The van der Waals surface area contributed by atoms with Gasteiger partial charge >= 0.3 is 11.8 Å². The molecule has 122 valence electrons. The Morgan fingerprint density at radius 1 is 0.957 bits per heavy atom. The van der Waals surface area contributed by atoms with Crippen molar-refractivity contribution in [3.8, 4) is 11.1 Å². The van der Waals surface area contributed by atoms with Crippen molar-refractivity contribution in [2.45, 2.75) is 38.0 Å². The number of hydrogen-bond donors (Lipinski definition) is 0. The van der Waals surface area contributed by atoms with Gasteiger partial charge in [0.05, 0.1) is 5.56 Å². The van der Waals surface area contributed by atoms with Gasteiger partial charge in [0.1, 0.15) is 5.82 Å². The summed E-state index contributed by atoms with van der Waals surface area (Å²) in [6, 6.07) is 9.59. The Morgan fingerprint density at radius 3 is 2.22 bits per heavy atom. The van der Waals surface area contributed by atoms with E-state index in [2.05, 4.69) is 0 Å². The summed E-state index contributed by atoms with van der Waals surface area (Å²) in [5, 5.41) is 0. The molecule has 0 atom stereocenters. The van der Waals surface area contributed by atoms with E-state index in [0.29, 0.717) is 11.1 Å². The summed E-state index contributed by atoms with van der Waals surface area (Å²) in [4.78, 5) is 0. The monoisotopic (exact) mass is 326 g/mol. The van der Waals surface area contributed by atoms with Crippen LogP contribution in [0, 0.1) is 5.82 Å². The lowest BCUT2D eigenvalue weighted by atomic mass is 9.83. The molecule has 0 aliphatic heterocycles. The summed E-state index contributed by atoms with van der Waals surface area (Å²) < 4.78 is 68.8. The van der Waals surface area contributed by atoms with E-state index in [-0.39, 0.29) is 12.0 Å². The zero-order chi connectivity index (χ0) is 16.8. The third-order valence-electron chi connectivity index (χ3n) is 4.35. The fourth-order valence-electron chi connectivity index (χ4n) is 2.94. The highest BCUT2D eigenvalue weighted by molar-refractivity contribution is 5.66. The second-order valence-electron chi connectivity index (χ2n) is 5.82. The fraction of sp³-hybridized carbons (Fsp3) is 0.333. The van der Waals surface area contributed by atoms with Crippen LogP contribution in [0.1, 0.15) is 30.0 Å². The predicted octanol–water partition coefficient (Wildman–Crippen LogP) is 5.73. The first-order valence-corrected chi connectivity index (χ1v) is 7.44. The van der Waals surface area contributed by atoms with E-state index in [1.165, 1.54) is 6.07 Å². The second kappa shape index (κ2) is 5.32. The van der Waals surface area contributed by atoms with Crippen LogP contribution in [0.5, 0.6) is 0 Å². The number of hydrogen-bond acceptors (Lipinski definition) is 0. The molecule has 0 spiro atoms. The van der Waals surface area contributed by atoms with Crippen LogP contribution in [0.25, 0.3) is 11.1 Å². The molecule has 0 amide bonds. The molecule has 0 saturated heterocycles. The lowest BCUT2D eigenvalue weighted by Gasteiger charge is -2.33. The first-order valence-electron chi connectivity index (χ1n) is 7.44. The normalized spacial score (nSPS) is 18.5. The molecule has 1 aliphatic rings. The average molecular weight is 326 g/mol. The van der Waals surface area contributed by atoms with E-state index in [0.717, 1.165) is 18.1 Å². The molecule has 0 saturated carbocycles. The maximum absolute atomic E-state index is 14.2. The van der Waals surface area contributed by atoms with Crippen LogP contribution in [-0.2, 0) is 18.8 Å². The largest absolute Gasteiger partial charge is 0.338 e. The predicted molar refractivity (Wildman–Crippen MR) is 78.4 cm³/mol. The smallest absolute Gasteiger partial charge is 0.206 e. The molecule has 0 radical (unpaired) electrons. The Hall–Kier alpha value is -1.91. The highest BCUT2D eigenvalue weighted by Gasteiger charge is 2.61. The Kier molecular flexibility index (Phi) is 3.69. The van der Waals surface area contributed by atoms with Crippen molar-refractivity contribution in [2.24, 2.45) is 0 Å². The molecule has 2 aromatic carbocycles. The lowest BCUT2D eigenvalue weighted by molar-refractivity contribution is -0.226. The van der Waals surface area contributed by atoms with E-state index < -0.39 is 29.6 Å². The quantitative estimate of drug-likeness (QED) is 0.618. The molecule has 0 unspecified atom stereocenters. The van der Waals surface area contributed by atoms with Gasteiger partial charge in [0, 0.05) is 6.42 Å². The maximum atomic E-state index is 14.2. The third-order valence-corrected chi connectivity index (χ3v) is 4.35. The number of halogens is 5. The summed E-state index contributed by atoms with van der Waals surface area (Å²) in [7, 11) is 0. The molecule has 0 N–H and O–H groups in total. The summed E-state index contributed by atoms with van der Waals surface area (Å²) >= 11 is 0. The van der Waals surface area contributed by atoms with Gasteiger partial charge in [-0.2, -0.15) is 17.6 Å². The van der Waals surface area contributed by atoms with Crippen molar-refractivity contribution in [3.05, 3.63) is 58.9 Å². The molecule has 0 bridgehead atoms. The highest BCUT2D eigenvalue weighted by Crippen LogP contribution is 2.51.